The summed E-state index contributed by atoms with van der Waals surface area (Å²) in [6.07, 6.45) is 0.658. The maximum Gasteiger partial charge on any atom is 0.311 e. The summed E-state index contributed by atoms with van der Waals surface area (Å²) in [7, 11) is -3.82. The van der Waals surface area contributed by atoms with Crippen molar-refractivity contribution in [3.63, 3.8) is 0 Å². The van der Waals surface area contributed by atoms with Gasteiger partial charge in [-0.3, -0.25) is 14.4 Å². The Morgan fingerprint density at radius 2 is 1.93 bits per heavy atom. The van der Waals surface area contributed by atoms with Crippen molar-refractivity contribution in [3.05, 3.63) is 24.3 Å². The predicted molar refractivity (Wildman–Crippen MR) is 102 cm³/mol. The van der Waals surface area contributed by atoms with Crippen LogP contribution in [0.5, 0.6) is 0 Å². The lowest BCUT2D eigenvalue weighted by Crippen LogP contribution is -2.43. The van der Waals surface area contributed by atoms with Crippen LogP contribution in [0, 0.1) is 5.92 Å². The third-order valence-corrected chi connectivity index (χ3v) is 5.45. The average Bonchev–Trinajstić information content (AvgIpc) is 2.67. The quantitative estimate of drug-likeness (QED) is 0.666. The van der Waals surface area contributed by atoms with E-state index in [0.29, 0.717) is 38.0 Å². The van der Waals surface area contributed by atoms with Crippen LogP contribution >= 0.6 is 0 Å². The van der Waals surface area contributed by atoms with Crippen molar-refractivity contribution in [3.8, 4) is 0 Å². The van der Waals surface area contributed by atoms with Gasteiger partial charge in [0, 0.05) is 25.2 Å². The van der Waals surface area contributed by atoms with Gasteiger partial charge >= 0.3 is 5.97 Å². The summed E-state index contributed by atoms with van der Waals surface area (Å²) in [6, 6.07) is 5.31. The fourth-order valence-electron chi connectivity index (χ4n) is 2.92. The van der Waals surface area contributed by atoms with Gasteiger partial charge in [0.2, 0.25) is 15.9 Å². The largest absolute Gasteiger partial charge is 0.452 e. The first-order valence-electron chi connectivity index (χ1n) is 9.03. The monoisotopic (exact) mass is 411 g/mol. The van der Waals surface area contributed by atoms with Gasteiger partial charge in [0.25, 0.3) is 5.91 Å². The Bertz CT molecular complexity index is 837. The van der Waals surface area contributed by atoms with Gasteiger partial charge in [0.05, 0.1) is 10.8 Å². The van der Waals surface area contributed by atoms with Crippen LogP contribution < -0.4 is 10.5 Å². The van der Waals surface area contributed by atoms with Crippen LogP contribution in [0.3, 0.4) is 0 Å². The number of piperidine rings is 1. The van der Waals surface area contributed by atoms with Gasteiger partial charge in [0.15, 0.2) is 6.10 Å². The Morgan fingerprint density at radius 3 is 2.50 bits per heavy atom. The van der Waals surface area contributed by atoms with Crippen LogP contribution in [0.2, 0.25) is 0 Å². The summed E-state index contributed by atoms with van der Waals surface area (Å²) in [5, 5.41) is 7.57. The van der Waals surface area contributed by atoms with E-state index in [1.165, 1.54) is 31.2 Å². The van der Waals surface area contributed by atoms with Gasteiger partial charge in [-0.15, -0.1) is 0 Å². The minimum absolute atomic E-state index is 0.00812. The number of carbonyl (C=O) groups is 3. The van der Waals surface area contributed by atoms with Crippen LogP contribution in [0.1, 0.15) is 33.1 Å². The number of benzene rings is 1. The molecule has 0 saturated carbocycles. The summed E-state index contributed by atoms with van der Waals surface area (Å²) in [5.41, 5.74) is 0.345. The van der Waals surface area contributed by atoms with Crippen LogP contribution in [0.4, 0.5) is 5.69 Å². The third-order valence-electron chi connectivity index (χ3n) is 4.52. The van der Waals surface area contributed by atoms with Gasteiger partial charge in [0.1, 0.15) is 0 Å². The number of nitrogens with two attached hydrogens (primary N) is 1. The van der Waals surface area contributed by atoms with Crippen molar-refractivity contribution in [2.75, 3.05) is 18.4 Å². The summed E-state index contributed by atoms with van der Waals surface area (Å²) in [5.74, 6) is -1.52. The lowest BCUT2D eigenvalue weighted by atomic mass is 9.98. The molecule has 1 aliphatic heterocycles. The fourth-order valence-corrected chi connectivity index (χ4v) is 3.43. The van der Waals surface area contributed by atoms with Crippen molar-refractivity contribution in [1.29, 1.82) is 0 Å². The zero-order valence-corrected chi connectivity index (χ0v) is 16.7. The van der Waals surface area contributed by atoms with Gasteiger partial charge in [-0.25, -0.2) is 13.6 Å². The number of amides is 2. The normalized spacial score (nSPS) is 18.2. The third kappa shape index (κ3) is 5.77. The Kier molecular flexibility index (Phi) is 7.14. The van der Waals surface area contributed by atoms with Crippen LogP contribution in [0.15, 0.2) is 29.2 Å². The molecule has 1 heterocycles. The molecule has 2 amide bonds. The minimum Gasteiger partial charge on any atom is -0.452 e. The van der Waals surface area contributed by atoms with E-state index < -0.39 is 33.9 Å². The molecule has 2 unspecified atom stereocenters. The number of primary sulfonamides is 1. The number of ether oxygens (including phenoxy) is 1. The molecule has 1 aromatic carbocycles. The lowest BCUT2D eigenvalue weighted by molar-refractivity contribution is -0.159. The molecule has 2 rings (SSSR count). The van der Waals surface area contributed by atoms with E-state index in [1.807, 2.05) is 0 Å². The minimum atomic E-state index is -3.82. The average molecular weight is 411 g/mol. The number of carbonyl (C=O) groups excluding carboxylic acids is 3. The summed E-state index contributed by atoms with van der Waals surface area (Å²) in [4.78, 5) is 38.0. The highest BCUT2D eigenvalue weighted by Gasteiger charge is 2.31. The molecule has 9 nitrogen and oxygen atoms in total. The highest BCUT2D eigenvalue weighted by atomic mass is 32.2. The molecular weight excluding hydrogens is 386 g/mol. The summed E-state index contributed by atoms with van der Waals surface area (Å²) in [6.45, 7) is 4.14. The first-order chi connectivity index (χ1) is 13.1. The van der Waals surface area contributed by atoms with Crippen molar-refractivity contribution in [2.24, 2.45) is 11.1 Å². The maximum absolute atomic E-state index is 12.4. The van der Waals surface area contributed by atoms with Gasteiger partial charge < -0.3 is 15.0 Å². The van der Waals surface area contributed by atoms with E-state index in [-0.39, 0.29) is 10.8 Å². The molecule has 1 aromatic rings. The molecule has 1 fully saturated rings. The topological polar surface area (TPSA) is 136 Å². The first-order valence-corrected chi connectivity index (χ1v) is 10.6. The first kappa shape index (κ1) is 21.8. The van der Waals surface area contributed by atoms with E-state index in [9.17, 15) is 22.8 Å². The second-order valence-corrected chi connectivity index (χ2v) is 8.23. The molecule has 0 aliphatic carbocycles. The smallest absolute Gasteiger partial charge is 0.311 e. The number of hydrogen-bond acceptors (Lipinski definition) is 6. The van der Waals surface area contributed by atoms with E-state index in [0.717, 1.165) is 0 Å². The lowest BCUT2D eigenvalue weighted by Gasteiger charge is -2.31. The predicted octanol–water partition coefficient (Wildman–Crippen LogP) is 0.853. The van der Waals surface area contributed by atoms with Crippen LogP contribution in [0.25, 0.3) is 0 Å². The van der Waals surface area contributed by atoms with Crippen molar-refractivity contribution in [1.82, 2.24) is 4.90 Å². The number of rotatable bonds is 6. The Balaban J connectivity index is 1.91. The number of nitrogens with one attached hydrogen (secondary N) is 1. The molecule has 0 spiro atoms. The SMILES string of the molecule is CCC(=O)N1CCCC(C(=O)OC(C)C(=O)Nc2ccc(S(N)(=O)=O)cc2)C1. The Morgan fingerprint density at radius 1 is 1.29 bits per heavy atom. The number of esters is 1. The van der Waals surface area contributed by atoms with E-state index in [4.69, 9.17) is 9.88 Å². The fraction of sp³-hybridized carbons (Fsp3) is 0.500. The molecule has 2 atom stereocenters. The summed E-state index contributed by atoms with van der Waals surface area (Å²) >= 11 is 0. The molecule has 1 saturated heterocycles. The Labute approximate surface area is 164 Å². The van der Waals surface area contributed by atoms with Crippen molar-refractivity contribution < 1.29 is 27.5 Å². The standard InChI is InChI=1S/C18H25N3O6S/c1-3-16(22)21-10-4-5-13(11-21)18(24)27-12(2)17(23)20-14-6-8-15(9-7-14)28(19,25)26/h6-9,12-13H,3-5,10-11H2,1-2H3,(H,20,23)(H2,19,25,26). The molecule has 3 N–H and O–H groups in total. The number of anilines is 1. The maximum atomic E-state index is 12.4. The van der Waals surface area contributed by atoms with E-state index in [1.54, 1.807) is 11.8 Å². The molecule has 10 heteroatoms. The molecule has 28 heavy (non-hydrogen) atoms. The second kappa shape index (κ2) is 9.16. The second-order valence-electron chi connectivity index (χ2n) is 6.67. The number of likely N-dealkylation sites (tertiary alicyclic amines) is 1. The highest BCUT2D eigenvalue weighted by Crippen LogP contribution is 2.20. The molecule has 154 valence electrons. The number of nitrogens with zero attached hydrogens (tertiary/aromatic N) is 1. The van der Waals surface area contributed by atoms with Crippen molar-refractivity contribution >= 4 is 33.5 Å². The molecule has 1 aliphatic rings. The molecule has 0 bridgehead atoms. The van der Waals surface area contributed by atoms with E-state index >= 15 is 0 Å². The zero-order chi connectivity index (χ0) is 20.9. The number of hydrogen-bond donors (Lipinski definition) is 2. The van der Waals surface area contributed by atoms with Crippen LogP contribution in [-0.4, -0.2) is 50.3 Å². The van der Waals surface area contributed by atoms with Crippen LogP contribution in [-0.2, 0) is 29.1 Å². The van der Waals surface area contributed by atoms with E-state index in [2.05, 4.69) is 5.32 Å². The molecular formula is C18H25N3O6S. The zero-order valence-electron chi connectivity index (χ0n) is 15.9. The van der Waals surface area contributed by atoms with Crippen molar-refractivity contribution in [2.45, 2.75) is 44.1 Å². The molecule has 0 radical (unpaired) electrons. The highest BCUT2D eigenvalue weighted by molar-refractivity contribution is 7.89. The summed E-state index contributed by atoms with van der Waals surface area (Å²) < 4.78 is 27.7. The van der Waals surface area contributed by atoms with Gasteiger partial charge in [-0.2, -0.15) is 0 Å². The van der Waals surface area contributed by atoms with Gasteiger partial charge in [-0.1, -0.05) is 6.92 Å². The Hall–Kier alpha value is -2.46. The van der Waals surface area contributed by atoms with Gasteiger partial charge in [-0.05, 0) is 44.0 Å². The number of sulfonamides is 1. The molecule has 0 aromatic heterocycles.